The van der Waals surface area contributed by atoms with E-state index in [0.29, 0.717) is 32.4 Å². The summed E-state index contributed by atoms with van der Waals surface area (Å²) in [5.41, 5.74) is 3.15. The summed E-state index contributed by atoms with van der Waals surface area (Å²) in [6.07, 6.45) is 3.47. The van der Waals surface area contributed by atoms with Crippen molar-refractivity contribution in [3.63, 3.8) is 0 Å². The van der Waals surface area contributed by atoms with E-state index >= 15 is 0 Å². The number of hydrogen-bond donors (Lipinski definition) is 1. The summed E-state index contributed by atoms with van der Waals surface area (Å²) in [5, 5.41) is 3.08. The highest BCUT2D eigenvalue weighted by Gasteiger charge is 2.30. The van der Waals surface area contributed by atoms with Crippen LogP contribution in [0.1, 0.15) is 36.0 Å². The normalized spacial score (nSPS) is 15.9. The summed E-state index contributed by atoms with van der Waals surface area (Å²) >= 11 is 0. The SMILES string of the molecule is O=C(NC[C@@H]1CCCO1)[C@@H](Cc1ccccc1)N(Cc1ccccc1)C(=O)CCc1ccccc1. The molecule has 0 aromatic heterocycles. The molecule has 4 rings (SSSR count). The van der Waals surface area contributed by atoms with E-state index < -0.39 is 6.04 Å². The molecule has 0 spiro atoms. The molecule has 2 amide bonds. The molecule has 5 nitrogen and oxygen atoms in total. The highest BCUT2D eigenvalue weighted by Crippen LogP contribution is 2.17. The van der Waals surface area contributed by atoms with Crippen molar-refractivity contribution in [3.05, 3.63) is 108 Å². The number of benzene rings is 3. The fourth-order valence-corrected chi connectivity index (χ4v) is 4.51. The number of ether oxygens (including phenoxy) is 1. The van der Waals surface area contributed by atoms with Gasteiger partial charge in [0.15, 0.2) is 0 Å². The Labute approximate surface area is 208 Å². The Morgan fingerprint density at radius 3 is 2.06 bits per heavy atom. The molecule has 182 valence electrons. The smallest absolute Gasteiger partial charge is 0.243 e. The molecule has 2 atom stereocenters. The second-order valence-electron chi connectivity index (χ2n) is 9.08. The predicted molar refractivity (Wildman–Crippen MR) is 138 cm³/mol. The van der Waals surface area contributed by atoms with Crippen molar-refractivity contribution in [2.75, 3.05) is 13.2 Å². The minimum absolute atomic E-state index is 0.0223. The summed E-state index contributed by atoms with van der Waals surface area (Å²) in [6.45, 7) is 1.60. The van der Waals surface area contributed by atoms with Crippen LogP contribution in [-0.4, -0.2) is 42.0 Å². The monoisotopic (exact) mass is 470 g/mol. The number of hydrogen-bond acceptors (Lipinski definition) is 3. The minimum Gasteiger partial charge on any atom is -0.376 e. The first-order valence-corrected chi connectivity index (χ1v) is 12.5. The van der Waals surface area contributed by atoms with Crippen LogP contribution in [0, 0.1) is 0 Å². The van der Waals surface area contributed by atoms with Crippen LogP contribution in [0.3, 0.4) is 0 Å². The first-order chi connectivity index (χ1) is 17.2. The van der Waals surface area contributed by atoms with Crippen molar-refractivity contribution in [2.45, 2.75) is 50.8 Å². The fourth-order valence-electron chi connectivity index (χ4n) is 4.51. The number of aryl methyl sites for hydroxylation is 1. The number of carbonyl (C=O) groups is 2. The third-order valence-electron chi connectivity index (χ3n) is 6.47. The van der Waals surface area contributed by atoms with Gasteiger partial charge in [0.1, 0.15) is 6.04 Å². The van der Waals surface area contributed by atoms with Crippen molar-refractivity contribution in [1.29, 1.82) is 0 Å². The third-order valence-corrected chi connectivity index (χ3v) is 6.47. The lowest BCUT2D eigenvalue weighted by atomic mass is 10.0. The Morgan fingerprint density at radius 2 is 1.46 bits per heavy atom. The average molecular weight is 471 g/mol. The molecule has 3 aromatic rings. The zero-order valence-corrected chi connectivity index (χ0v) is 20.1. The lowest BCUT2D eigenvalue weighted by Crippen LogP contribution is -2.51. The molecule has 0 aliphatic carbocycles. The van der Waals surface area contributed by atoms with Crippen molar-refractivity contribution in [2.24, 2.45) is 0 Å². The molecule has 0 saturated carbocycles. The lowest BCUT2D eigenvalue weighted by molar-refractivity contribution is -0.141. The van der Waals surface area contributed by atoms with Crippen LogP contribution < -0.4 is 5.32 Å². The highest BCUT2D eigenvalue weighted by molar-refractivity contribution is 5.88. The van der Waals surface area contributed by atoms with Crippen molar-refractivity contribution < 1.29 is 14.3 Å². The van der Waals surface area contributed by atoms with E-state index in [-0.39, 0.29) is 17.9 Å². The van der Waals surface area contributed by atoms with Gasteiger partial charge in [-0.15, -0.1) is 0 Å². The van der Waals surface area contributed by atoms with Crippen LogP contribution in [0.5, 0.6) is 0 Å². The predicted octanol–water partition coefficient (Wildman–Crippen LogP) is 4.55. The Balaban J connectivity index is 1.56. The Bertz CT molecular complexity index is 1050. The summed E-state index contributed by atoms with van der Waals surface area (Å²) in [4.78, 5) is 29.0. The van der Waals surface area contributed by atoms with E-state index in [4.69, 9.17) is 4.74 Å². The van der Waals surface area contributed by atoms with Gasteiger partial charge in [-0.2, -0.15) is 0 Å². The van der Waals surface area contributed by atoms with Gasteiger partial charge in [0, 0.05) is 32.5 Å². The number of rotatable bonds is 11. The molecule has 1 heterocycles. The molecule has 0 bridgehead atoms. The fraction of sp³-hybridized carbons (Fsp3) is 0.333. The summed E-state index contributed by atoms with van der Waals surface area (Å²) in [6, 6.07) is 29.2. The number of nitrogens with one attached hydrogen (secondary N) is 1. The van der Waals surface area contributed by atoms with Gasteiger partial charge in [-0.25, -0.2) is 0 Å². The lowest BCUT2D eigenvalue weighted by Gasteiger charge is -2.32. The Hall–Kier alpha value is -3.44. The molecule has 1 aliphatic rings. The van der Waals surface area contributed by atoms with Crippen LogP contribution >= 0.6 is 0 Å². The molecule has 0 unspecified atom stereocenters. The summed E-state index contributed by atoms with van der Waals surface area (Å²) in [5.74, 6) is -0.153. The molecule has 1 N–H and O–H groups in total. The standard InChI is InChI=1S/C30H34N2O3/c33-29(19-18-24-11-4-1-5-12-24)32(23-26-15-8-3-9-16-26)28(21-25-13-6-2-7-14-25)30(34)31-22-27-17-10-20-35-27/h1-9,11-16,27-28H,10,17-23H2,(H,31,34)/t27-,28+/m0/s1. The van der Waals surface area contributed by atoms with Crippen molar-refractivity contribution >= 4 is 11.8 Å². The molecule has 3 aromatic carbocycles. The maximum absolute atomic E-state index is 13.6. The van der Waals surface area contributed by atoms with Crippen molar-refractivity contribution in [1.82, 2.24) is 10.2 Å². The molecular weight excluding hydrogens is 436 g/mol. The van der Waals surface area contributed by atoms with Gasteiger partial charge in [0.2, 0.25) is 11.8 Å². The minimum atomic E-state index is -0.609. The number of nitrogens with zero attached hydrogens (tertiary/aromatic N) is 1. The van der Waals surface area contributed by atoms with Crippen LogP contribution in [0.15, 0.2) is 91.0 Å². The summed E-state index contributed by atoms with van der Waals surface area (Å²) < 4.78 is 5.70. The largest absolute Gasteiger partial charge is 0.376 e. The van der Waals surface area contributed by atoms with Gasteiger partial charge in [-0.05, 0) is 36.0 Å². The zero-order valence-electron chi connectivity index (χ0n) is 20.1. The van der Waals surface area contributed by atoms with Crippen molar-refractivity contribution in [3.8, 4) is 0 Å². The van der Waals surface area contributed by atoms with Gasteiger partial charge in [0.25, 0.3) is 0 Å². The third kappa shape index (κ3) is 7.52. The van der Waals surface area contributed by atoms with Gasteiger partial charge >= 0.3 is 0 Å². The Morgan fingerprint density at radius 1 is 0.857 bits per heavy atom. The Kier molecular flexibility index (Phi) is 9.07. The first kappa shape index (κ1) is 24.7. The molecule has 0 radical (unpaired) electrons. The second kappa shape index (κ2) is 12.9. The van der Waals surface area contributed by atoms with Crippen LogP contribution in [0.25, 0.3) is 0 Å². The second-order valence-corrected chi connectivity index (χ2v) is 9.08. The molecule has 1 saturated heterocycles. The molecular formula is C30H34N2O3. The van der Waals surface area contributed by atoms with Crippen LogP contribution in [-0.2, 0) is 33.7 Å². The maximum Gasteiger partial charge on any atom is 0.243 e. The van der Waals surface area contributed by atoms with E-state index in [1.165, 1.54) is 0 Å². The maximum atomic E-state index is 13.6. The highest BCUT2D eigenvalue weighted by atomic mass is 16.5. The van der Waals surface area contributed by atoms with Gasteiger partial charge < -0.3 is 15.0 Å². The van der Waals surface area contributed by atoms with Gasteiger partial charge in [-0.3, -0.25) is 9.59 Å². The quantitative estimate of drug-likeness (QED) is 0.447. The molecule has 1 fully saturated rings. The first-order valence-electron chi connectivity index (χ1n) is 12.5. The zero-order chi connectivity index (χ0) is 24.3. The number of carbonyl (C=O) groups excluding carboxylic acids is 2. The van der Waals surface area contributed by atoms with E-state index in [1.807, 2.05) is 91.0 Å². The topological polar surface area (TPSA) is 58.6 Å². The summed E-state index contributed by atoms with van der Waals surface area (Å²) in [7, 11) is 0. The van der Waals surface area contributed by atoms with Crippen LogP contribution in [0.2, 0.25) is 0 Å². The van der Waals surface area contributed by atoms with Crippen LogP contribution in [0.4, 0.5) is 0 Å². The van der Waals surface area contributed by atoms with E-state index in [9.17, 15) is 9.59 Å². The molecule has 5 heteroatoms. The average Bonchev–Trinajstić information content (AvgIpc) is 3.43. The number of amides is 2. The molecule has 35 heavy (non-hydrogen) atoms. The van der Waals surface area contributed by atoms with E-state index in [0.717, 1.165) is 36.1 Å². The van der Waals surface area contributed by atoms with E-state index in [2.05, 4.69) is 5.32 Å². The van der Waals surface area contributed by atoms with E-state index in [1.54, 1.807) is 4.90 Å². The van der Waals surface area contributed by atoms with Gasteiger partial charge in [-0.1, -0.05) is 91.0 Å². The molecule has 1 aliphatic heterocycles. The van der Waals surface area contributed by atoms with Gasteiger partial charge in [0.05, 0.1) is 6.10 Å².